The zero-order chi connectivity index (χ0) is 14.3. The summed E-state index contributed by atoms with van der Waals surface area (Å²) in [6, 6.07) is 4.54. The van der Waals surface area contributed by atoms with E-state index in [0.717, 1.165) is 12.8 Å². The maximum atomic E-state index is 11.5. The van der Waals surface area contributed by atoms with Gasteiger partial charge in [-0.05, 0) is 33.6 Å². The molecule has 0 saturated heterocycles. The van der Waals surface area contributed by atoms with Crippen LogP contribution in [0.1, 0.15) is 33.6 Å². The average molecular weight is 285 g/mol. The summed E-state index contributed by atoms with van der Waals surface area (Å²) in [5, 5.41) is 5.17. The van der Waals surface area contributed by atoms with Crippen LogP contribution >= 0.6 is 0 Å². The third-order valence-electron chi connectivity index (χ3n) is 2.43. The van der Waals surface area contributed by atoms with Crippen molar-refractivity contribution in [3.05, 3.63) is 18.2 Å². The molecule has 0 aliphatic heterocycles. The summed E-state index contributed by atoms with van der Waals surface area (Å²) in [6.07, 6.45) is 2.17. The van der Waals surface area contributed by atoms with E-state index in [1.54, 1.807) is 6.07 Å². The molecule has 2 rings (SSSR count). The van der Waals surface area contributed by atoms with Gasteiger partial charge in [0, 0.05) is 18.2 Å². The van der Waals surface area contributed by atoms with Crippen molar-refractivity contribution in [2.75, 3.05) is 0 Å². The lowest BCUT2D eigenvalue weighted by atomic mass is 10.2. The fourth-order valence-corrected chi connectivity index (χ4v) is 2.13. The maximum absolute atomic E-state index is 11.5. The largest absolute Gasteiger partial charge is 0.490 e. The maximum Gasteiger partial charge on any atom is 0.238 e. The molecular formula is C13H19NO4S. The standard InChI is InChI=1S/C13H19NO4S/c1-13(2,3)18-11-6-10(17-9-4-5-9)7-12(8-11)19(14,15)16/h6-9H,4-5H2,1-3H3,(H2,14,15,16). The number of hydrogen-bond donors (Lipinski definition) is 1. The second-order valence-electron chi connectivity index (χ2n) is 5.72. The summed E-state index contributed by atoms with van der Waals surface area (Å²) >= 11 is 0. The van der Waals surface area contributed by atoms with Crippen LogP contribution in [0.15, 0.2) is 23.1 Å². The molecule has 106 valence electrons. The van der Waals surface area contributed by atoms with Crippen molar-refractivity contribution in [3.8, 4) is 11.5 Å². The van der Waals surface area contributed by atoms with E-state index in [0.29, 0.717) is 11.5 Å². The summed E-state index contributed by atoms with van der Waals surface area (Å²) in [5.41, 5.74) is -0.423. The van der Waals surface area contributed by atoms with E-state index >= 15 is 0 Å². The summed E-state index contributed by atoms with van der Waals surface area (Å²) < 4.78 is 34.2. The van der Waals surface area contributed by atoms with E-state index in [-0.39, 0.29) is 11.0 Å². The van der Waals surface area contributed by atoms with Crippen LogP contribution in [0, 0.1) is 0 Å². The molecule has 0 atom stereocenters. The predicted octanol–water partition coefficient (Wildman–Crippen LogP) is 2.05. The van der Waals surface area contributed by atoms with Crippen molar-refractivity contribution in [3.63, 3.8) is 0 Å². The normalized spacial score (nSPS) is 16.2. The molecule has 0 radical (unpaired) electrons. The average Bonchev–Trinajstić information content (AvgIpc) is 2.96. The van der Waals surface area contributed by atoms with Crippen LogP contribution in [0.2, 0.25) is 0 Å². The smallest absolute Gasteiger partial charge is 0.238 e. The van der Waals surface area contributed by atoms with Gasteiger partial charge >= 0.3 is 0 Å². The van der Waals surface area contributed by atoms with Gasteiger partial charge in [-0.25, -0.2) is 13.6 Å². The second-order valence-corrected chi connectivity index (χ2v) is 7.28. The van der Waals surface area contributed by atoms with Gasteiger partial charge in [-0.1, -0.05) is 0 Å². The van der Waals surface area contributed by atoms with Crippen LogP contribution in [-0.4, -0.2) is 20.1 Å². The van der Waals surface area contributed by atoms with E-state index in [9.17, 15) is 8.42 Å². The number of nitrogens with two attached hydrogens (primary N) is 1. The van der Waals surface area contributed by atoms with E-state index in [1.165, 1.54) is 12.1 Å². The molecule has 1 aliphatic carbocycles. The Balaban J connectivity index is 2.35. The third kappa shape index (κ3) is 4.40. The van der Waals surface area contributed by atoms with E-state index in [4.69, 9.17) is 14.6 Å². The molecule has 0 aromatic heterocycles. The second kappa shape index (κ2) is 4.68. The first-order valence-corrected chi connectivity index (χ1v) is 7.72. The van der Waals surface area contributed by atoms with E-state index in [2.05, 4.69) is 0 Å². The highest BCUT2D eigenvalue weighted by Gasteiger charge is 2.25. The van der Waals surface area contributed by atoms with E-state index in [1.807, 2.05) is 20.8 Å². The Kier molecular flexibility index (Phi) is 3.49. The Labute approximate surface area is 113 Å². The van der Waals surface area contributed by atoms with Crippen LogP contribution in [0.25, 0.3) is 0 Å². The fourth-order valence-electron chi connectivity index (χ4n) is 1.57. The van der Waals surface area contributed by atoms with Crippen molar-refractivity contribution in [1.82, 2.24) is 0 Å². The molecule has 1 fully saturated rings. The van der Waals surface area contributed by atoms with Crippen molar-refractivity contribution in [2.45, 2.75) is 50.2 Å². The summed E-state index contributed by atoms with van der Waals surface area (Å²) in [7, 11) is -3.78. The molecule has 0 amide bonds. The SMILES string of the molecule is CC(C)(C)Oc1cc(OC2CC2)cc(S(N)(=O)=O)c1. The van der Waals surface area contributed by atoms with Gasteiger partial charge < -0.3 is 9.47 Å². The topological polar surface area (TPSA) is 78.6 Å². The van der Waals surface area contributed by atoms with Gasteiger partial charge in [0.05, 0.1) is 11.0 Å². The zero-order valence-corrected chi connectivity index (χ0v) is 12.2. The van der Waals surface area contributed by atoms with Gasteiger partial charge in [0.15, 0.2) is 0 Å². The highest BCUT2D eigenvalue weighted by molar-refractivity contribution is 7.89. The monoisotopic (exact) mass is 285 g/mol. The molecule has 6 heteroatoms. The van der Waals surface area contributed by atoms with Crippen LogP contribution in [-0.2, 0) is 10.0 Å². The number of ether oxygens (including phenoxy) is 2. The lowest BCUT2D eigenvalue weighted by Crippen LogP contribution is -2.23. The molecule has 1 aromatic rings. The Morgan fingerprint density at radius 3 is 2.21 bits per heavy atom. The van der Waals surface area contributed by atoms with Crippen molar-refractivity contribution in [2.24, 2.45) is 5.14 Å². The minimum Gasteiger partial charge on any atom is -0.490 e. The summed E-state index contributed by atoms with van der Waals surface area (Å²) in [5.74, 6) is 0.919. The van der Waals surface area contributed by atoms with Crippen molar-refractivity contribution >= 4 is 10.0 Å². The van der Waals surface area contributed by atoms with Crippen LogP contribution in [0.5, 0.6) is 11.5 Å². The highest BCUT2D eigenvalue weighted by Crippen LogP contribution is 2.32. The van der Waals surface area contributed by atoms with Crippen molar-refractivity contribution in [1.29, 1.82) is 0 Å². The van der Waals surface area contributed by atoms with Gasteiger partial charge in [-0.3, -0.25) is 0 Å². The summed E-state index contributed by atoms with van der Waals surface area (Å²) in [4.78, 5) is 0.00454. The quantitative estimate of drug-likeness (QED) is 0.918. The molecule has 0 spiro atoms. The molecule has 19 heavy (non-hydrogen) atoms. The number of sulfonamides is 1. The Morgan fingerprint density at radius 1 is 1.16 bits per heavy atom. The Morgan fingerprint density at radius 2 is 1.74 bits per heavy atom. The van der Waals surface area contributed by atoms with Gasteiger partial charge in [-0.2, -0.15) is 0 Å². The molecule has 0 heterocycles. The first kappa shape index (κ1) is 14.1. The number of primary sulfonamides is 1. The van der Waals surface area contributed by atoms with Crippen LogP contribution in [0.4, 0.5) is 0 Å². The molecular weight excluding hydrogens is 266 g/mol. The van der Waals surface area contributed by atoms with Gasteiger partial charge in [-0.15, -0.1) is 0 Å². The van der Waals surface area contributed by atoms with Gasteiger partial charge in [0.25, 0.3) is 0 Å². The molecule has 2 N–H and O–H groups in total. The minimum atomic E-state index is -3.78. The first-order chi connectivity index (χ1) is 8.63. The lowest BCUT2D eigenvalue weighted by molar-refractivity contribution is 0.130. The zero-order valence-electron chi connectivity index (χ0n) is 11.3. The third-order valence-corrected chi connectivity index (χ3v) is 3.33. The Hall–Kier alpha value is -1.27. The number of benzene rings is 1. The molecule has 1 aromatic carbocycles. The van der Waals surface area contributed by atoms with Crippen molar-refractivity contribution < 1.29 is 17.9 Å². The van der Waals surface area contributed by atoms with Crippen LogP contribution in [0.3, 0.4) is 0 Å². The molecule has 1 saturated carbocycles. The predicted molar refractivity (Wildman–Crippen MR) is 71.8 cm³/mol. The van der Waals surface area contributed by atoms with Gasteiger partial charge in [0.2, 0.25) is 10.0 Å². The molecule has 0 unspecified atom stereocenters. The number of hydrogen-bond acceptors (Lipinski definition) is 4. The lowest BCUT2D eigenvalue weighted by Gasteiger charge is -2.22. The number of rotatable bonds is 4. The highest BCUT2D eigenvalue weighted by atomic mass is 32.2. The minimum absolute atomic E-state index is 0.00454. The molecule has 5 nitrogen and oxygen atoms in total. The summed E-state index contributed by atoms with van der Waals surface area (Å²) in [6.45, 7) is 5.66. The fraction of sp³-hybridized carbons (Fsp3) is 0.538. The van der Waals surface area contributed by atoms with Crippen LogP contribution < -0.4 is 14.6 Å². The van der Waals surface area contributed by atoms with E-state index < -0.39 is 15.6 Å². The first-order valence-electron chi connectivity index (χ1n) is 6.17. The molecule has 0 bridgehead atoms. The molecule has 1 aliphatic rings. The Bertz CT molecular complexity index is 571. The van der Waals surface area contributed by atoms with Gasteiger partial charge in [0.1, 0.15) is 17.1 Å².